The predicted octanol–water partition coefficient (Wildman–Crippen LogP) is 2.79. The van der Waals surface area contributed by atoms with Gasteiger partial charge in [-0.05, 0) is 42.3 Å². The fraction of sp³-hybridized carbons (Fsp3) is 0.174. The summed E-state index contributed by atoms with van der Waals surface area (Å²) in [6.45, 7) is 1.90. The Kier molecular flexibility index (Phi) is 5.11. The molecule has 7 nitrogen and oxygen atoms in total. The number of fused-ring (bicyclic) bond motifs is 2. The molecule has 1 atom stereocenters. The molecule has 0 fully saturated rings. The molecule has 3 aromatic rings. The highest BCUT2D eigenvalue weighted by Gasteiger charge is 2.34. The van der Waals surface area contributed by atoms with Gasteiger partial charge in [-0.2, -0.15) is 0 Å². The molecular formula is C23H17ClN2O5S. The zero-order chi connectivity index (χ0) is 22.4. The molecule has 0 spiro atoms. The summed E-state index contributed by atoms with van der Waals surface area (Å²) < 4.78 is 17.8. The van der Waals surface area contributed by atoms with Crippen molar-refractivity contribution in [2.75, 3.05) is 13.9 Å². The van der Waals surface area contributed by atoms with Gasteiger partial charge >= 0.3 is 5.97 Å². The lowest BCUT2D eigenvalue weighted by Gasteiger charge is -2.25. The van der Waals surface area contributed by atoms with Gasteiger partial charge in [-0.25, -0.2) is 9.79 Å². The van der Waals surface area contributed by atoms with E-state index in [1.807, 2.05) is 18.2 Å². The van der Waals surface area contributed by atoms with E-state index < -0.39 is 12.0 Å². The molecule has 0 bridgehead atoms. The lowest BCUT2D eigenvalue weighted by Crippen LogP contribution is -2.39. The molecule has 2 aliphatic rings. The van der Waals surface area contributed by atoms with Crippen LogP contribution in [0.1, 0.15) is 24.1 Å². The summed E-state index contributed by atoms with van der Waals surface area (Å²) in [7, 11) is 1.30. The molecule has 0 unspecified atom stereocenters. The Balaban J connectivity index is 1.73. The van der Waals surface area contributed by atoms with Gasteiger partial charge in [0.2, 0.25) is 6.79 Å². The fourth-order valence-electron chi connectivity index (χ4n) is 3.84. The first-order valence-corrected chi connectivity index (χ1v) is 10.9. The molecular weight excluding hydrogens is 452 g/mol. The molecule has 1 aromatic heterocycles. The summed E-state index contributed by atoms with van der Waals surface area (Å²) in [5.74, 6) is 0.742. The van der Waals surface area contributed by atoms with Crippen LogP contribution in [0.2, 0.25) is 5.02 Å². The van der Waals surface area contributed by atoms with Crippen molar-refractivity contribution in [2.45, 2.75) is 13.0 Å². The molecule has 3 heterocycles. The minimum Gasteiger partial charge on any atom is -0.466 e. The number of hydrogen-bond donors (Lipinski definition) is 0. The van der Waals surface area contributed by atoms with Crippen LogP contribution in [0.5, 0.6) is 11.5 Å². The first kappa shape index (κ1) is 20.5. The minimum absolute atomic E-state index is 0.175. The van der Waals surface area contributed by atoms with Crippen molar-refractivity contribution in [3.8, 4) is 11.5 Å². The summed E-state index contributed by atoms with van der Waals surface area (Å²) in [6, 6.07) is 11.9. The number of thiazole rings is 1. The lowest BCUT2D eigenvalue weighted by molar-refractivity contribution is -0.136. The van der Waals surface area contributed by atoms with Gasteiger partial charge in [0.05, 0.1) is 22.9 Å². The standard InChI is InChI=1S/C23H17ClN2O5S/c1-12-19(22(28)29-2)20(14-5-3-4-6-15(14)24)26-21(27)18(32-23(26)25-12)10-13-7-8-16-17(9-13)31-11-30-16/h3-10,20H,11H2,1-2H3/b18-10-/t20-/m0/s1. The molecule has 0 saturated heterocycles. The second-order valence-electron chi connectivity index (χ2n) is 7.21. The molecule has 162 valence electrons. The molecule has 0 radical (unpaired) electrons. The SMILES string of the molecule is COC(=O)C1=C(C)N=c2s/c(=C\c3ccc4c(c3)OCO4)c(=O)n2[C@H]1c1ccccc1Cl. The van der Waals surface area contributed by atoms with Crippen LogP contribution in [-0.4, -0.2) is 24.4 Å². The smallest absolute Gasteiger partial charge is 0.338 e. The third kappa shape index (κ3) is 3.32. The Labute approximate surface area is 191 Å². The van der Waals surface area contributed by atoms with Crippen molar-refractivity contribution in [1.29, 1.82) is 0 Å². The lowest BCUT2D eigenvalue weighted by atomic mass is 9.96. The van der Waals surface area contributed by atoms with Crippen LogP contribution in [0.25, 0.3) is 6.08 Å². The van der Waals surface area contributed by atoms with Crippen molar-refractivity contribution in [1.82, 2.24) is 4.57 Å². The summed E-state index contributed by atoms with van der Waals surface area (Å²) in [6.07, 6.45) is 1.77. The maximum atomic E-state index is 13.5. The predicted molar refractivity (Wildman–Crippen MR) is 120 cm³/mol. The van der Waals surface area contributed by atoms with E-state index in [1.54, 1.807) is 37.3 Å². The van der Waals surface area contributed by atoms with Gasteiger partial charge in [0.25, 0.3) is 5.56 Å². The highest BCUT2D eigenvalue weighted by atomic mass is 35.5. The van der Waals surface area contributed by atoms with Gasteiger partial charge in [-0.3, -0.25) is 9.36 Å². The number of ether oxygens (including phenoxy) is 3. The zero-order valence-electron chi connectivity index (χ0n) is 17.1. The van der Waals surface area contributed by atoms with E-state index in [9.17, 15) is 9.59 Å². The van der Waals surface area contributed by atoms with Crippen LogP contribution < -0.4 is 24.4 Å². The topological polar surface area (TPSA) is 79.1 Å². The number of benzene rings is 2. The number of nitrogens with zero attached hydrogens (tertiary/aromatic N) is 2. The highest BCUT2D eigenvalue weighted by Crippen LogP contribution is 2.35. The molecule has 2 aliphatic heterocycles. The maximum Gasteiger partial charge on any atom is 0.338 e. The van der Waals surface area contributed by atoms with E-state index in [1.165, 1.54) is 23.0 Å². The molecule has 5 rings (SSSR count). The Bertz CT molecular complexity index is 1470. The van der Waals surface area contributed by atoms with Gasteiger partial charge < -0.3 is 14.2 Å². The van der Waals surface area contributed by atoms with Crippen LogP contribution in [0.15, 0.2) is 63.5 Å². The largest absolute Gasteiger partial charge is 0.466 e. The average Bonchev–Trinajstić information content (AvgIpc) is 3.37. The van der Waals surface area contributed by atoms with E-state index >= 15 is 0 Å². The summed E-state index contributed by atoms with van der Waals surface area (Å²) >= 11 is 7.72. The number of rotatable bonds is 3. The van der Waals surface area contributed by atoms with E-state index in [0.717, 1.165) is 5.56 Å². The van der Waals surface area contributed by atoms with Gasteiger partial charge in [0, 0.05) is 5.02 Å². The maximum absolute atomic E-state index is 13.5. The first-order valence-electron chi connectivity index (χ1n) is 9.73. The molecule has 0 amide bonds. The van der Waals surface area contributed by atoms with Gasteiger partial charge in [0.15, 0.2) is 16.3 Å². The van der Waals surface area contributed by atoms with Crippen LogP contribution in [0, 0.1) is 0 Å². The normalized spacial score (nSPS) is 17.2. The third-order valence-electron chi connectivity index (χ3n) is 5.32. The van der Waals surface area contributed by atoms with Crippen molar-refractivity contribution >= 4 is 35.0 Å². The monoisotopic (exact) mass is 468 g/mol. The van der Waals surface area contributed by atoms with Crippen molar-refractivity contribution in [2.24, 2.45) is 4.99 Å². The molecule has 9 heteroatoms. The van der Waals surface area contributed by atoms with Crippen molar-refractivity contribution in [3.05, 3.63) is 89.6 Å². The summed E-state index contributed by atoms with van der Waals surface area (Å²) in [5.41, 5.74) is 1.91. The molecule has 2 aromatic carbocycles. The Morgan fingerprint density at radius 3 is 2.81 bits per heavy atom. The molecule has 0 aliphatic carbocycles. The minimum atomic E-state index is -0.744. The average molecular weight is 469 g/mol. The fourth-order valence-corrected chi connectivity index (χ4v) is 5.12. The Morgan fingerprint density at radius 1 is 1.25 bits per heavy atom. The van der Waals surface area contributed by atoms with E-state index in [-0.39, 0.29) is 17.9 Å². The highest BCUT2D eigenvalue weighted by molar-refractivity contribution is 7.07. The first-order chi connectivity index (χ1) is 15.5. The second-order valence-corrected chi connectivity index (χ2v) is 8.62. The van der Waals surface area contributed by atoms with E-state index in [4.69, 9.17) is 25.8 Å². The quantitative estimate of drug-likeness (QED) is 0.552. The second kappa shape index (κ2) is 7.96. The van der Waals surface area contributed by atoms with Crippen molar-refractivity contribution in [3.63, 3.8) is 0 Å². The van der Waals surface area contributed by atoms with Crippen LogP contribution in [-0.2, 0) is 9.53 Å². The summed E-state index contributed by atoms with van der Waals surface area (Å²) in [4.78, 5) is 31.2. The van der Waals surface area contributed by atoms with Crippen LogP contribution in [0.3, 0.4) is 0 Å². The molecule has 0 N–H and O–H groups in total. The molecule has 0 saturated carbocycles. The third-order valence-corrected chi connectivity index (χ3v) is 6.65. The number of methoxy groups -OCH3 is 1. The van der Waals surface area contributed by atoms with E-state index in [2.05, 4.69) is 4.99 Å². The number of aromatic nitrogens is 1. The van der Waals surface area contributed by atoms with Gasteiger partial charge in [0.1, 0.15) is 6.04 Å². The van der Waals surface area contributed by atoms with Gasteiger partial charge in [-0.1, -0.05) is 47.2 Å². The number of esters is 1. The zero-order valence-corrected chi connectivity index (χ0v) is 18.7. The van der Waals surface area contributed by atoms with Crippen molar-refractivity contribution < 1.29 is 19.0 Å². The Hall–Kier alpha value is -3.36. The van der Waals surface area contributed by atoms with Crippen LogP contribution >= 0.6 is 22.9 Å². The summed E-state index contributed by atoms with van der Waals surface area (Å²) in [5, 5.41) is 0.443. The number of halogens is 1. The molecule has 32 heavy (non-hydrogen) atoms. The Morgan fingerprint density at radius 2 is 2.03 bits per heavy atom. The number of carbonyl (C=O) groups excluding carboxylic acids is 1. The number of allylic oxidation sites excluding steroid dienone is 1. The van der Waals surface area contributed by atoms with Crippen LogP contribution in [0.4, 0.5) is 0 Å². The van der Waals surface area contributed by atoms with Gasteiger partial charge in [-0.15, -0.1) is 0 Å². The number of carbonyl (C=O) groups is 1. The van der Waals surface area contributed by atoms with E-state index in [0.29, 0.717) is 37.1 Å². The number of hydrogen-bond acceptors (Lipinski definition) is 7.